The molecule has 1 aliphatic rings. The number of nitrogens with zero attached hydrogens (tertiary/aromatic N) is 1. The monoisotopic (exact) mass is 449 g/mol. The molecule has 0 saturated heterocycles. The van der Waals surface area contributed by atoms with Crippen LogP contribution >= 0.6 is 0 Å². The topological polar surface area (TPSA) is 134 Å². The summed E-state index contributed by atoms with van der Waals surface area (Å²) in [5.41, 5.74) is 1.76. The first-order chi connectivity index (χ1) is 15.9. The fourth-order valence-electron chi connectivity index (χ4n) is 3.55. The van der Waals surface area contributed by atoms with Crippen molar-refractivity contribution in [1.29, 1.82) is 0 Å². The lowest BCUT2D eigenvalue weighted by Gasteiger charge is -2.24. The Balaban J connectivity index is 1.63. The van der Waals surface area contributed by atoms with E-state index in [0.717, 1.165) is 5.56 Å². The normalized spacial score (nSPS) is 14.6. The quantitative estimate of drug-likeness (QED) is 0.454. The molecule has 10 nitrogen and oxygen atoms in total. The molecule has 170 valence electrons. The standard InChI is InChI=1S/C23H23N5O5/c1-12-4-6-13(7-5-12)24-23-27-20-19(22(31)28-23)15(11-18(29)26-20)21(30)25-16-9-8-14(32-2)10-17(16)33-3/h4-10,15H,11H2,1-3H3,(H,25,30)(H3,24,26,27,28,29,31). The smallest absolute Gasteiger partial charge is 0.258 e. The van der Waals surface area contributed by atoms with Crippen LogP contribution in [0.2, 0.25) is 0 Å². The molecule has 10 heteroatoms. The minimum Gasteiger partial charge on any atom is -0.497 e. The molecule has 2 aromatic carbocycles. The highest BCUT2D eigenvalue weighted by Crippen LogP contribution is 2.33. The Morgan fingerprint density at radius 2 is 1.85 bits per heavy atom. The first-order valence-electron chi connectivity index (χ1n) is 10.2. The second-order valence-corrected chi connectivity index (χ2v) is 7.53. The van der Waals surface area contributed by atoms with Crippen molar-refractivity contribution in [2.45, 2.75) is 19.3 Å². The van der Waals surface area contributed by atoms with Gasteiger partial charge in [0.05, 0.1) is 31.4 Å². The van der Waals surface area contributed by atoms with Crippen LogP contribution in [0, 0.1) is 6.92 Å². The van der Waals surface area contributed by atoms with E-state index in [2.05, 4.69) is 25.9 Å². The summed E-state index contributed by atoms with van der Waals surface area (Å²) in [4.78, 5) is 45.3. The molecule has 3 aromatic rings. The summed E-state index contributed by atoms with van der Waals surface area (Å²) in [5.74, 6) is -0.823. The van der Waals surface area contributed by atoms with E-state index >= 15 is 0 Å². The number of methoxy groups -OCH3 is 2. The molecule has 0 spiro atoms. The number of fused-ring (bicyclic) bond motifs is 1. The molecule has 0 saturated carbocycles. The van der Waals surface area contributed by atoms with E-state index in [0.29, 0.717) is 22.9 Å². The van der Waals surface area contributed by atoms with Gasteiger partial charge in [0.25, 0.3) is 5.56 Å². The lowest BCUT2D eigenvalue weighted by atomic mass is 9.92. The highest BCUT2D eigenvalue weighted by Gasteiger charge is 2.35. The molecular formula is C23H23N5O5. The van der Waals surface area contributed by atoms with E-state index in [1.165, 1.54) is 14.2 Å². The Labute approximate surface area is 189 Å². The molecule has 1 unspecified atom stereocenters. The number of amides is 2. The Morgan fingerprint density at radius 1 is 1.09 bits per heavy atom. The van der Waals surface area contributed by atoms with Gasteiger partial charge >= 0.3 is 0 Å². The molecule has 1 aromatic heterocycles. The molecule has 0 radical (unpaired) electrons. The first-order valence-corrected chi connectivity index (χ1v) is 10.2. The van der Waals surface area contributed by atoms with Gasteiger partial charge in [-0.25, -0.2) is 0 Å². The van der Waals surface area contributed by atoms with Crippen molar-refractivity contribution in [3.8, 4) is 11.5 Å². The molecule has 2 amide bonds. The van der Waals surface area contributed by atoms with Crippen LogP contribution in [0.5, 0.6) is 11.5 Å². The molecule has 0 bridgehead atoms. The van der Waals surface area contributed by atoms with E-state index in [1.54, 1.807) is 18.2 Å². The number of carbonyl (C=O) groups excluding carboxylic acids is 2. The van der Waals surface area contributed by atoms with Crippen LogP contribution < -0.4 is 31.0 Å². The molecule has 4 N–H and O–H groups in total. The zero-order valence-electron chi connectivity index (χ0n) is 18.3. The molecule has 33 heavy (non-hydrogen) atoms. The third-order valence-electron chi connectivity index (χ3n) is 5.25. The van der Waals surface area contributed by atoms with E-state index in [-0.39, 0.29) is 23.8 Å². The van der Waals surface area contributed by atoms with E-state index in [4.69, 9.17) is 9.47 Å². The number of aromatic amines is 1. The molecule has 0 aliphatic carbocycles. The third kappa shape index (κ3) is 4.64. The third-order valence-corrected chi connectivity index (χ3v) is 5.25. The number of rotatable bonds is 6. The van der Waals surface area contributed by atoms with Crippen LogP contribution in [-0.2, 0) is 9.59 Å². The van der Waals surface area contributed by atoms with Crippen molar-refractivity contribution < 1.29 is 19.1 Å². The second-order valence-electron chi connectivity index (χ2n) is 7.53. The summed E-state index contributed by atoms with van der Waals surface area (Å²) in [6.07, 6.45) is -0.188. The van der Waals surface area contributed by atoms with Crippen molar-refractivity contribution in [2.75, 3.05) is 30.2 Å². The van der Waals surface area contributed by atoms with Crippen LogP contribution in [0.15, 0.2) is 47.3 Å². The van der Waals surface area contributed by atoms with Crippen molar-refractivity contribution in [2.24, 2.45) is 0 Å². The lowest BCUT2D eigenvalue weighted by Crippen LogP contribution is -2.36. The number of aromatic nitrogens is 2. The van der Waals surface area contributed by atoms with Gasteiger partial charge < -0.3 is 25.4 Å². The minimum absolute atomic E-state index is 0.0476. The van der Waals surface area contributed by atoms with Gasteiger partial charge in [-0.15, -0.1) is 0 Å². The van der Waals surface area contributed by atoms with Gasteiger partial charge in [0.15, 0.2) is 0 Å². The van der Waals surface area contributed by atoms with Gasteiger partial charge in [0.1, 0.15) is 17.3 Å². The summed E-state index contributed by atoms with van der Waals surface area (Å²) in [6, 6.07) is 12.4. The lowest BCUT2D eigenvalue weighted by molar-refractivity contribution is -0.123. The number of hydrogen-bond donors (Lipinski definition) is 4. The maximum Gasteiger partial charge on any atom is 0.258 e. The summed E-state index contributed by atoms with van der Waals surface area (Å²) in [6.45, 7) is 1.96. The maximum absolute atomic E-state index is 13.1. The number of H-pyrrole nitrogens is 1. The van der Waals surface area contributed by atoms with E-state index in [1.807, 2.05) is 31.2 Å². The van der Waals surface area contributed by atoms with Crippen LogP contribution in [0.3, 0.4) is 0 Å². The first kappa shape index (κ1) is 21.9. The number of anilines is 4. The van der Waals surface area contributed by atoms with Crippen molar-refractivity contribution in [1.82, 2.24) is 9.97 Å². The van der Waals surface area contributed by atoms with E-state index in [9.17, 15) is 14.4 Å². The highest BCUT2D eigenvalue weighted by atomic mass is 16.5. The summed E-state index contributed by atoms with van der Waals surface area (Å²) in [5, 5.41) is 8.33. The fourth-order valence-corrected chi connectivity index (χ4v) is 3.55. The van der Waals surface area contributed by atoms with Gasteiger partial charge in [-0.1, -0.05) is 17.7 Å². The summed E-state index contributed by atoms with van der Waals surface area (Å²) >= 11 is 0. The van der Waals surface area contributed by atoms with Crippen molar-refractivity contribution >= 4 is 35.0 Å². The molecule has 4 rings (SSSR count). The average Bonchev–Trinajstić information content (AvgIpc) is 2.80. The number of aryl methyl sites for hydroxylation is 1. The predicted octanol–water partition coefficient (Wildman–Crippen LogP) is 2.90. The summed E-state index contributed by atoms with van der Waals surface area (Å²) in [7, 11) is 2.98. The molecule has 1 atom stereocenters. The Hall–Kier alpha value is -4.34. The minimum atomic E-state index is -1.02. The predicted molar refractivity (Wildman–Crippen MR) is 123 cm³/mol. The zero-order valence-corrected chi connectivity index (χ0v) is 18.3. The van der Waals surface area contributed by atoms with Gasteiger partial charge in [-0.2, -0.15) is 4.98 Å². The summed E-state index contributed by atoms with van der Waals surface area (Å²) < 4.78 is 10.5. The van der Waals surface area contributed by atoms with Crippen molar-refractivity contribution in [3.63, 3.8) is 0 Å². The van der Waals surface area contributed by atoms with Gasteiger partial charge in [-0.05, 0) is 31.2 Å². The number of carbonyl (C=O) groups is 2. The van der Waals surface area contributed by atoms with Crippen molar-refractivity contribution in [3.05, 3.63) is 63.9 Å². The molecule has 0 fully saturated rings. The number of ether oxygens (including phenoxy) is 2. The number of nitrogens with one attached hydrogen (secondary N) is 4. The van der Waals surface area contributed by atoms with Gasteiger partial charge in [0, 0.05) is 18.2 Å². The van der Waals surface area contributed by atoms with Crippen LogP contribution in [-0.4, -0.2) is 36.0 Å². The number of hydrogen-bond acceptors (Lipinski definition) is 7. The number of benzene rings is 2. The van der Waals surface area contributed by atoms with Crippen LogP contribution in [0.25, 0.3) is 0 Å². The molecule has 1 aliphatic heterocycles. The SMILES string of the molecule is COc1ccc(NC(=O)C2CC(=O)Nc3nc(Nc4ccc(C)cc4)[nH]c(=O)c32)c(OC)c1. The second kappa shape index (κ2) is 9.03. The van der Waals surface area contributed by atoms with Gasteiger partial charge in [0.2, 0.25) is 17.8 Å². The average molecular weight is 449 g/mol. The highest BCUT2D eigenvalue weighted by molar-refractivity contribution is 6.05. The Kier molecular flexibility index (Phi) is 5.99. The zero-order chi connectivity index (χ0) is 23.5. The van der Waals surface area contributed by atoms with E-state index < -0.39 is 23.3 Å². The van der Waals surface area contributed by atoms with Gasteiger partial charge in [-0.3, -0.25) is 19.4 Å². The Bertz CT molecular complexity index is 1270. The maximum atomic E-state index is 13.1. The van der Waals surface area contributed by atoms with Crippen LogP contribution in [0.1, 0.15) is 23.5 Å². The Morgan fingerprint density at radius 3 is 2.55 bits per heavy atom. The van der Waals surface area contributed by atoms with Crippen LogP contribution in [0.4, 0.5) is 23.1 Å². The molecular weight excluding hydrogens is 426 g/mol. The fraction of sp³-hybridized carbons (Fsp3) is 0.217. The molecule has 2 heterocycles. The largest absolute Gasteiger partial charge is 0.497 e.